The van der Waals surface area contributed by atoms with Crippen molar-refractivity contribution in [1.29, 1.82) is 0 Å². The highest BCUT2D eigenvalue weighted by molar-refractivity contribution is 6.31. The molecule has 2 aromatic rings. The van der Waals surface area contributed by atoms with Crippen LogP contribution < -0.4 is 15.4 Å². The molecule has 3 rings (SSSR count). The molecule has 1 aliphatic rings. The number of aliphatic hydroxyl groups excluding tert-OH is 1. The van der Waals surface area contributed by atoms with Crippen LogP contribution in [-0.2, 0) is 4.74 Å². The minimum absolute atomic E-state index is 0.0977. The van der Waals surface area contributed by atoms with E-state index in [-0.39, 0.29) is 18.6 Å². The number of nitrogen functional groups attached to an aromatic ring is 1. The number of hydrogen-bond donors (Lipinski definition) is 2. The van der Waals surface area contributed by atoms with Gasteiger partial charge in [0.25, 0.3) is 0 Å². The minimum atomic E-state index is -0.541. The lowest BCUT2D eigenvalue weighted by atomic mass is 10.1. The maximum Gasteiger partial charge on any atom is 0.222 e. The normalized spacial score (nSPS) is 18.8. The Kier molecular flexibility index (Phi) is 6.36. The van der Waals surface area contributed by atoms with Crippen molar-refractivity contribution in [3.05, 3.63) is 40.5 Å². The molecule has 0 unspecified atom stereocenters. The fourth-order valence-electron chi connectivity index (χ4n) is 3.12. The molecule has 0 spiro atoms. The van der Waals surface area contributed by atoms with Gasteiger partial charge in [-0.25, -0.2) is 4.98 Å². The van der Waals surface area contributed by atoms with Crippen molar-refractivity contribution in [3.63, 3.8) is 0 Å². The number of rotatable bonds is 5. The summed E-state index contributed by atoms with van der Waals surface area (Å²) in [6.45, 7) is 5.74. The topological polar surface area (TPSA) is 93.7 Å². The van der Waals surface area contributed by atoms with E-state index in [9.17, 15) is 5.11 Å². The molecular formula is C19H25ClN4O3. The summed E-state index contributed by atoms with van der Waals surface area (Å²) in [5, 5.41) is 9.96. The molecule has 146 valence electrons. The summed E-state index contributed by atoms with van der Waals surface area (Å²) in [4.78, 5) is 10.7. The number of halogens is 1. The van der Waals surface area contributed by atoms with Crippen LogP contribution in [-0.4, -0.2) is 47.5 Å². The first-order valence-corrected chi connectivity index (χ1v) is 9.37. The molecule has 1 aromatic carbocycles. The van der Waals surface area contributed by atoms with Gasteiger partial charge >= 0.3 is 0 Å². The molecule has 1 aliphatic heterocycles. The molecule has 0 bridgehead atoms. The van der Waals surface area contributed by atoms with Gasteiger partial charge in [-0.05, 0) is 38.0 Å². The first-order valence-electron chi connectivity index (χ1n) is 9.00. The molecule has 1 fully saturated rings. The van der Waals surface area contributed by atoms with E-state index in [1.807, 2.05) is 25.1 Å². The molecule has 3 N–H and O–H groups in total. The smallest absolute Gasteiger partial charge is 0.222 e. The Morgan fingerprint density at radius 1 is 1.41 bits per heavy atom. The zero-order valence-electron chi connectivity index (χ0n) is 15.6. The van der Waals surface area contributed by atoms with Crippen LogP contribution in [0.3, 0.4) is 0 Å². The number of aromatic nitrogens is 2. The van der Waals surface area contributed by atoms with Crippen molar-refractivity contribution in [3.8, 4) is 5.75 Å². The van der Waals surface area contributed by atoms with Crippen LogP contribution in [0.5, 0.6) is 5.75 Å². The van der Waals surface area contributed by atoms with Gasteiger partial charge in [0, 0.05) is 29.9 Å². The Labute approximate surface area is 164 Å². The number of nitrogens with zero attached hydrogens (tertiary/aromatic N) is 3. The second kappa shape index (κ2) is 8.73. The van der Waals surface area contributed by atoms with Gasteiger partial charge in [-0.1, -0.05) is 17.7 Å². The van der Waals surface area contributed by atoms with E-state index >= 15 is 0 Å². The fraction of sp³-hybridized carbons (Fsp3) is 0.474. The third-order valence-corrected chi connectivity index (χ3v) is 4.64. The van der Waals surface area contributed by atoms with Crippen LogP contribution in [0.25, 0.3) is 0 Å². The number of ether oxygens (including phenoxy) is 2. The van der Waals surface area contributed by atoms with Crippen molar-refractivity contribution in [2.24, 2.45) is 0 Å². The molecule has 2 heterocycles. The average Bonchev–Trinajstić information content (AvgIpc) is 2.85. The fourth-order valence-corrected chi connectivity index (χ4v) is 3.41. The Bertz CT molecular complexity index is 767. The zero-order valence-corrected chi connectivity index (χ0v) is 16.3. The van der Waals surface area contributed by atoms with Gasteiger partial charge in [0.1, 0.15) is 18.2 Å². The van der Waals surface area contributed by atoms with Crippen LogP contribution in [0.2, 0.25) is 5.02 Å². The van der Waals surface area contributed by atoms with E-state index < -0.39 is 6.10 Å². The molecule has 8 heteroatoms. The Morgan fingerprint density at radius 2 is 2.22 bits per heavy atom. The maximum atomic E-state index is 9.37. The van der Waals surface area contributed by atoms with Crippen LogP contribution in [0.4, 0.5) is 11.8 Å². The van der Waals surface area contributed by atoms with Gasteiger partial charge in [0.15, 0.2) is 0 Å². The van der Waals surface area contributed by atoms with Gasteiger partial charge in [-0.3, -0.25) is 0 Å². The first kappa shape index (κ1) is 19.7. The molecule has 1 saturated heterocycles. The lowest BCUT2D eigenvalue weighted by Gasteiger charge is -2.31. The van der Waals surface area contributed by atoms with E-state index in [1.165, 1.54) is 0 Å². The summed E-state index contributed by atoms with van der Waals surface area (Å²) < 4.78 is 11.3. The Hall–Kier alpha value is -2.09. The first-order chi connectivity index (χ1) is 12.9. The lowest BCUT2D eigenvalue weighted by molar-refractivity contribution is 0.122. The van der Waals surface area contributed by atoms with Crippen molar-refractivity contribution in [2.45, 2.75) is 32.4 Å². The van der Waals surface area contributed by atoms with Crippen LogP contribution >= 0.6 is 11.6 Å². The van der Waals surface area contributed by atoms with Gasteiger partial charge in [0.2, 0.25) is 5.95 Å². The maximum absolute atomic E-state index is 9.37. The van der Waals surface area contributed by atoms with Crippen molar-refractivity contribution >= 4 is 23.4 Å². The highest BCUT2D eigenvalue weighted by Crippen LogP contribution is 2.34. The molecule has 1 aromatic heterocycles. The SMILES string of the molecule is Cc1cc(N2CCCOC[C@H]2c2ccc(OC[C@@H](C)O)cc2Cl)nc(N)n1. The van der Waals surface area contributed by atoms with Gasteiger partial charge in [0.05, 0.1) is 18.8 Å². The van der Waals surface area contributed by atoms with Gasteiger partial charge in [-0.15, -0.1) is 0 Å². The Balaban J connectivity index is 1.91. The van der Waals surface area contributed by atoms with Gasteiger partial charge < -0.3 is 25.2 Å². The quantitative estimate of drug-likeness (QED) is 0.807. The van der Waals surface area contributed by atoms with E-state index in [0.29, 0.717) is 24.0 Å². The summed E-state index contributed by atoms with van der Waals surface area (Å²) >= 11 is 6.56. The van der Waals surface area contributed by atoms with E-state index in [2.05, 4.69) is 14.9 Å². The second-order valence-electron chi connectivity index (χ2n) is 6.71. The highest BCUT2D eigenvalue weighted by Gasteiger charge is 2.27. The van der Waals surface area contributed by atoms with Crippen LogP contribution in [0.15, 0.2) is 24.3 Å². The van der Waals surface area contributed by atoms with E-state index in [0.717, 1.165) is 30.0 Å². The highest BCUT2D eigenvalue weighted by atomic mass is 35.5. The minimum Gasteiger partial charge on any atom is -0.491 e. The predicted molar refractivity (Wildman–Crippen MR) is 105 cm³/mol. The number of hydrogen-bond acceptors (Lipinski definition) is 7. The van der Waals surface area contributed by atoms with Crippen LogP contribution in [0, 0.1) is 6.92 Å². The predicted octanol–water partition coefficient (Wildman–Crippen LogP) is 2.75. The summed E-state index contributed by atoms with van der Waals surface area (Å²) in [7, 11) is 0. The number of aliphatic hydroxyl groups is 1. The number of nitrogens with two attached hydrogens (primary N) is 1. The van der Waals surface area contributed by atoms with E-state index in [1.54, 1.807) is 13.0 Å². The molecular weight excluding hydrogens is 368 g/mol. The number of anilines is 2. The second-order valence-corrected chi connectivity index (χ2v) is 7.11. The molecule has 0 saturated carbocycles. The third kappa shape index (κ3) is 5.00. The average molecular weight is 393 g/mol. The molecule has 0 amide bonds. The summed E-state index contributed by atoms with van der Waals surface area (Å²) in [6, 6.07) is 7.37. The van der Waals surface area contributed by atoms with Crippen molar-refractivity contribution in [2.75, 3.05) is 37.0 Å². The summed E-state index contributed by atoms with van der Waals surface area (Å²) in [6.07, 6.45) is 0.341. The summed E-state index contributed by atoms with van der Waals surface area (Å²) in [5.41, 5.74) is 7.60. The Morgan fingerprint density at radius 3 is 2.93 bits per heavy atom. The largest absolute Gasteiger partial charge is 0.491 e. The molecule has 0 radical (unpaired) electrons. The summed E-state index contributed by atoms with van der Waals surface area (Å²) in [5.74, 6) is 1.63. The van der Waals surface area contributed by atoms with Crippen molar-refractivity contribution in [1.82, 2.24) is 9.97 Å². The monoisotopic (exact) mass is 392 g/mol. The number of aryl methyl sites for hydroxylation is 1. The molecule has 2 atom stereocenters. The molecule has 0 aliphatic carbocycles. The zero-order chi connectivity index (χ0) is 19.4. The molecule has 27 heavy (non-hydrogen) atoms. The lowest BCUT2D eigenvalue weighted by Crippen LogP contribution is -2.32. The van der Waals surface area contributed by atoms with Gasteiger partial charge in [-0.2, -0.15) is 4.98 Å². The van der Waals surface area contributed by atoms with Crippen LogP contribution in [0.1, 0.15) is 30.6 Å². The standard InChI is InChI=1S/C19H25ClN4O3/c1-12-8-18(23-19(21)22-12)24-6-3-7-26-11-17(24)15-5-4-14(9-16(15)20)27-10-13(2)25/h4-5,8-9,13,17,25H,3,6-7,10-11H2,1-2H3,(H2,21,22,23)/t13-,17+/m1/s1. The number of benzene rings is 1. The third-order valence-electron chi connectivity index (χ3n) is 4.31. The molecule has 7 nitrogen and oxygen atoms in total. The van der Waals surface area contributed by atoms with Crippen molar-refractivity contribution < 1.29 is 14.6 Å². The van der Waals surface area contributed by atoms with E-state index in [4.69, 9.17) is 26.8 Å².